The highest BCUT2D eigenvalue weighted by Gasteiger charge is 2.33. The maximum absolute atomic E-state index is 14.1. The molecule has 8 rings (SSSR count). The molecule has 0 fully saturated rings. The van der Waals surface area contributed by atoms with E-state index in [0.717, 1.165) is 16.2 Å². The van der Waals surface area contributed by atoms with Gasteiger partial charge in [0, 0.05) is 16.5 Å². The summed E-state index contributed by atoms with van der Waals surface area (Å²) in [5.74, 6) is -1.13. The van der Waals surface area contributed by atoms with Crippen LogP contribution in [-0.2, 0) is 0 Å². The summed E-state index contributed by atoms with van der Waals surface area (Å²) in [5, 5.41) is 3.76. The monoisotopic (exact) mass is 791 g/mol. The van der Waals surface area contributed by atoms with Crippen LogP contribution in [0.2, 0.25) is 0 Å². The molecule has 28 radical (unpaired) electrons. The molecule has 0 aliphatic carbocycles. The number of benzene rings is 7. The van der Waals surface area contributed by atoms with Gasteiger partial charge in [-0.1, -0.05) is 98.3 Å². The molecule has 1 heterocycles. The third kappa shape index (κ3) is 6.99. The Morgan fingerprint density at radius 3 is 1.10 bits per heavy atom. The fourth-order valence-corrected chi connectivity index (χ4v) is 7.93. The zero-order valence-electron chi connectivity index (χ0n) is 32.1. The first-order chi connectivity index (χ1) is 29.2. The molecule has 0 saturated heterocycles. The van der Waals surface area contributed by atoms with Crippen LogP contribution < -0.4 is 80.7 Å². The predicted octanol–water partition coefficient (Wildman–Crippen LogP) is -5.34. The van der Waals surface area contributed by atoms with Crippen molar-refractivity contribution in [3.8, 4) is 51.0 Å². The predicted molar refractivity (Wildman–Crippen MR) is 264 cm³/mol. The van der Waals surface area contributed by atoms with E-state index in [1.807, 2.05) is 36.4 Å². The number of hydrogen-bond acceptors (Lipinski definition) is 5. The van der Waals surface area contributed by atoms with E-state index in [4.69, 9.17) is 119 Å². The van der Waals surface area contributed by atoms with Crippen molar-refractivity contribution in [2.45, 2.75) is 5.51 Å². The van der Waals surface area contributed by atoms with Crippen molar-refractivity contribution in [2.24, 2.45) is 0 Å². The third-order valence-electron chi connectivity index (χ3n) is 10.7. The Morgan fingerprint density at radius 2 is 0.677 bits per heavy atom. The number of fused-ring (bicyclic) bond motifs is 6. The van der Waals surface area contributed by atoms with Gasteiger partial charge in [-0.3, -0.25) is 0 Å². The Hall–Kier alpha value is -4.82. The molecule has 0 atom stereocenters. The average Bonchev–Trinajstić information content (AvgIpc) is 3.25. The van der Waals surface area contributed by atoms with Crippen molar-refractivity contribution in [1.82, 2.24) is 15.0 Å². The SMILES string of the molecule is [B]c1c([B])c([B])c(-c2nc(-c3ccc4c5ccccc5c5ccccc5c4c3OSC(F)(F)F)nc(-c3c([B])c([B])c(-c4c([B])c([B])c([B])c([B])c4[B])c([B])c3[B])n2)c([B])c1[B]. The minimum absolute atomic E-state index is 0.000541. The maximum atomic E-state index is 14.1. The lowest BCUT2D eigenvalue weighted by Crippen LogP contribution is -2.57. The second-order valence-electron chi connectivity index (χ2n) is 14.2. The second kappa shape index (κ2) is 16.1. The lowest BCUT2D eigenvalue weighted by molar-refractivity contribution is -0.0369. The molecule has 0 unspecified atom stereocenters. The summed E-state index contributed by atoms with van der Waals surface area (Å²) < 4.78 is 47.9. The number of rotatable bonds is 6. The zero-order chi connectivity index (χ0) is 44.8. The van der Waals surface area contributed by atoms with Crippen molar-refractivity contribution in [3.05, 3.63) is 60.7 Å². The molecule has 1 aromatic heterocycles. The van der Waals surface area contributed by atoms with Crippen LogP contribution in [0.15, 0.2) is 60.7 Å². The zero-order valence-corrected chi connectivity index (χ0v) is 33.0. The minimum Gasteiger partial charge on any atom is -0.416 e. The van der Waals surface area contributed by atoms with E-state index in [0.29, 0.717) is 16.2 Å². The van der Waals surface area contributed by atoms with E-state index in [1.165, 1.54) is 6.07 Å². The molecule has 0 spiro atoms. The van der Waals surface area contributed by atoms with Gasteiger partial charge in [0.05, 0.1) is 5.56 Å². The largest absolute Gasteiger partial charge is 0.479 e. The number of halogens is 3. The van der Waals surface area contributed by atoms with Crippen molar-refractivity contribution < 1.29 is 17.4 Å². The van der Waals surface area contributed by atoms with Gasteiger partial charge in [-0.15, -0.1) is 32.8 Å². The number of nitrogens with zero attached hydrogens (tertiary/aromatic N) is 3. The van der Waals surface area contributed by atoms with E-state index < -0.39 is 17.6 Å². The Bertz CT molecular complexity index is 3140. The third-order valence-corrected chi connectivity index (χ3v) is 11.1. The highest BCUT2D eigenvalue weighted by Crippen LogP contribution is 2.46. The van der Waals surface area contributed by atoms with Gasteiger partial charge in [0.25, 0.3) is 0 Å². The van der Waals surface area contributed by atoms with Gasteiger partial charge >= 0.3 is 5.51 Å². The summed E-state index contributed by atoms with van der Waals surface area (Å²) in [6, 6.07) is 17.8. The van der Waals surface area contributed by atoms with Crippen molar-refractivity contribution in [3.63, 3.8) is 0 Å². The quantitative estimate of drug-likeness (QED) is 0.0959. The summed E-state index contributed by atoms with van der Waals surface area (Å²) in [7, 11) is 89.6. The number of alkyl halides is 3. The highest BCUT2D eigenvalue weighted by atomic mass is 32.2. The maximum Gasteiger partial charge on any atom is 0.479 e. The molecule has 0 amide bonds. The first-order valence-corrected chi connectivity index (χ1v) is 18.8. The first-order valence-electron chi connectivity index (χ1n) is 18.1. The lowest BCUT2D eigenvalue weighted by atomic mass is 9.56. The standard InChI is InChI=1S/C40H10B14F3N3OS/c41-22-18(19-24(43)30(49)34(53)31(50)25(19)44)23(42)27(46)20(26(22)45)38-58-37(59-39(60-38)21-28(47)32(51)35(54)33(52)29(21)48)16-10-9-15-13-7-2-1-5-11(13)12-6-3-4-8-14(12)17(15)36(16)61-62-40(55,56)57/h1-10H. The van der Waals surface area contributed by atoms with Crippen LogP contribution in [0, 0.1) is 0 Å². The number of hydrogen-bond donors (Lipinski definition) is 0. The summed E-state index contributed by atoms with van der Waals surface area (Å²) >= 11 is -0.728. The average molecular weight is 789 g/mol. The van der Waals surface area contributed by atoms with Crippen LogP contribution in [-0.4, -0.2) is 130 Å². The second-order valence-corrected chi connectivity index (χ2v) is 15.0. The summed E-state index contributed by atoms with van der Waals surface area (Å²) in [6.45, 7) is 0. The van der Waals surface area contributed by atoms with Crippen LogP contribution >= 0.6 is 12.0 Å². The van der Waals surface area contributed by atoms with E-state index in [-0.39, 0.29) is 128 Å². The topological polar surface area (TPSA) is 47.9 Å². The van der Waals surface area contributed by atoms with E-state index in [2.05, 4.69) is 9.97 Å². The molecule has 0 aliphatic heterocycles. The Labute approximate surface area is 378 Å². The first kappa shape index (κ1) is 43.8. The van der Waals surface area contributed by atoms with Gasteiger partial charge in [0.15, 0.2) is 35.3 Å². The lowest BCUT2D eigenvalue weighted by Gasteiger charge is -2.28. The fraction of sp³-hybridized carbons (Fsp3) is 0.0250. The molecule has 0 aliphatic rings. The summed E-state index contributed by atoms with van der Waals surface area (Å²) in [4.78, 5) is 14.0. The van der Waals surface area contributed by atoms with Gasteiger partial charge in [-0.05, 0) is 44.1 Å². The minimum atomic E-state index is -4.85. The highest BCUT2D eigenvalue weighted by molar-refractivity contribution is 7.95. The van der Waals surface area contributed by atoms with Crippen LogP contribution in [0.4, 0.5) is 13.2 Å². The molecule has 4 nitrogen and oxygen atoms in total. The molecule has 260 valence electrons. The van der Waals surface area contributed by atoms with Crippen molar-refractivity contribution in [1.29, 1.82) is 0 Å². The molecule has 0 bridgehead atoms. The Morgan fingerprint density at radius 1 is 0.371 bits per heavy atom. The molecule has 0 saturated carbocycles. The van der Waals surface area contributed by atoms with Crippen LogP contribution in [0.1, 0.15) is 0 Å². The summed E-state index contributed by atoms with van der Waals surface area (Å²) in [6.07, 6.45) is 0. The molecule has 7 aromatic carbocycles. The van der Waals surface area contributed by atoms with Crippen LogP contribution in [0.5, 0.6) is 5.75 Å². The van der Waals surface area contributed by atoms with E-state index in [1.54, 1.807) is 18.2 Å². The van der Waals surface area contributed by atoms with Gasteiger partial charge in [0.2, 0.25) is 0 Å². The normalized spacial score (nSPS) is 11.8. The molecular formula is C40H10B14F3N3OS. The van der Waals surface area contributed by atoms with Gasteiger partial charge < -0.3 is 4.18 Å². The van der Waals surface area contributed by atoms with Gasteiger partial charge in [-0.25, -0.2) is 15.0 Å². The van der Waals surface area contributed by atoms with Crippen LogP contribution in [0.3, 0.4) is 0 Å². The fourth-order valence-electron chi connectivity index (χ4n) is 7.58. The summed E-state index contributed by atoms with van der Waals surface area (Å²) in [5.41, 5.74) is -7.42. The molecule has 62 heavy (non-hydrogen) atoms. The van der Waals surface area contributed by atoms with Crippen LogP contribution in [0.25, 0.3) is 77.6 Å². The van der Waals surface area contributed by atoms with Gasteiger partial charge in [-0.2, -0.15) is 13.2 Å². The molecule has 22 heteroatoms. The number of aromatic nitrogens is 3. The Kier molecular flexibility index (Phi) is 11.4. The van der Waals surface area contributed by atoms with Crippen molar-refractivity contribution in [2.75, 3.05) is 0 Å². The van der Waals surface area contributed by atoms with Gasteiger partial charge in [0.1, 0.15) is 110 Å². The van der Waals surface area contributed by atoms with E-state index in [9.17, 15) is 13.2 Å². The van der Waals surface area contributed by atoms with E-state index >= 15 is 0 Å². The molecular weight excluding hydrogens is 779 g/mol. The smallest absolute Gasteiger partial charge is 0.416 e. The van der Waals surface area contributed by atoms with Crippen molar-refractivity contribution >= 4 is 231 Å². The molecule has 8 aromatic rings. The Balaban J connectivity index is 1.50. The molecule has 0 N–H and O–H groups in total.